The molecule has 0 spiro atoms. The van der Waals surface area contributed by atoms with E-state index in [1.54, 1.807) is 6.20 Å². The summed E-state index contributed by atoms with van der Waals surface area (Å²) in [5.74, 6) is 2.92. The van der Waals surface area contributed by atoms with E-state index in [-0.39, 0.29) is 0 Å². The summed E-state index contributed by atoms with van der Waals surface area (Å²) in [6.45, 7) is 0. The van der Waals surface area contributed by atoms with Crippen molar-refractivity contribution in [2.45, 2.75) is 44.1 Å². The number of aromatic nitrogens is 1. The number of pyridine rings is 1. The van der Waals surface area contributed by atoms with Gasteiger partial charge in [0, 0.05) is 17.4 Å². The van der Waals surface area contributed by atoms with Crippen molar-refractivity contribution in [2.24, 2.45) is 17.8 Å². The van der Waals surface area contributed by atoms with Crippen LogP contribution in [0.1, 0.15) is 38.5 Å². The van der Waals surface area contributed by atoms with Crippen molar-refractivity contribution in [1.29, 1.82) is 0 Å². The summed E-state index contributed by atoms with van der Waals surface area (Å²) in [4.78, 5) is 4.06. The number of hydrogen-bond donors (Lipinski definition) is 1. The van der Waals surface area contributed by atoms with E-state index in [1.807, 2.05) is 12.1 Å². The van der Waals surface area contributed by atoms with E-state index in [9.17, 15) is 0 Å². The second kappa shape index (κ2) is 3.86. The molecular weight excluding hydrogens is 244 g/mol. The summed E-state index contributed by atoms with van der Waals surface area (Å²) >= 11 is 5.98. The molecule has 4 saturated carbocycles. The van der Waals surface area contributed by atoms with Gasteiger partial charge in [-0.2, -0.15) is 0 Å². The first-order chi connectivity index (χ1) is 8.71. The zero-order chi connectivity index (χ0) is 12.2. The van der Waals surface area contributed by atoms with E-state index in [0.29, 0.717) is 10.7 Å². The van der Waals surface area contributed by atoms with Crippen LogP contribution in [0.4, 0.5) is 5.69 Å². The number of nitrogens with zero attached hydrogens (tertiary/aromatic N) is 1. The van der Waals surface area contributed by atoms with E-state index in [2.05, 4.69) is 10.3 Å². The maximum atomic E-state index is 5.98. The maximum absolute atomic E-state index is 5.98. The average Bonchev–Trinajstić information content (AvgIpc) is 2.25. The minimum Gasteiger partial charge on any atom is -0.379 e. The lowest BCUT2D eigenvalue weighted by Crippen LogP contribution is -2.54. The molecule has 1 aromatic rings. The van der Waals surface area contributed by atoms with Crippen LogP contribution in [0, 0.1) is 17.8 Å². The normalized spacial score (nSPS) is 41.1. The maximum Gasteiger partial charge on any atom is 0.131 e. The molecule has 3 heteroatoms. The molecule has 2 nitrogen and oxygen atoms in total. The van der Waals surface area contributed by atoms with Crippen molar-refractivity contribution >= 4 is 17.3 Å². The lowest BCUT2D eigenvalue weighted by molar-refractivity contribution is 0.0107. The molecule has 96 valence electrons. The van der Waals surface area contributed by atoms with Crippen molar-refractivity contribution in [3.8, 4) is 0 Å². The van der Waals surface area contributed by atoms with Crippen LogP contribution in [0.2, 0.25) is 5.15 Å². The van der Waals surface area contributed by atoms with Crippen LogP contribution in [-0.4, -0.2) is 10.5 Å². The molecule has 0 amide bonds. The molecule has 4 aliphatic rings. The van der Waals surface area contributed by atoms with Gasteiger partial charge in [0.1, 0.15) is 5.15 Å². The van der Waals surface area contributed by atoms with Gasteiger partial charge in [0.2, 0.25) is 0 Å². The van der Waals surface area contributed by atoms with Gasteiger partial charge in [-0.3, -0.25) is 0 Å². The van der Waals surface area contributed by atoms with Gasteiger partial charge in [-0.1, -0.05) is 11.6 Å². The zero-order valence-electron chi connectivity index (χ0n) is 10.5. The Morgan fingerprint density at radius 2 is 1.72 bits per heavy atom. The van der Waals surface area contributed by atoms with Crippen LogP contribution in [0.3, 0.4) is 0 Å². The topological polar surface area (TPSA) is 24.9 Å². The molecular formula is C15H19ClN2. The third-order valence-corrected chi connectivity index (χ3v) is 5.38. The van der Waals surface area contributed by atoms with Crippen LogP contribution in [0.5, 0.6) is 0 Å². The minimum atomic E-state index is 0.361. The van der Waals surface area contributed by atoms with Crippen molar-refractivity contribution in [3.05, 3.63) is 23.5 Å². The number of anilines is 1. The molecule has 1 heterocycles. The van der Waals surface area contributed by atoms with Crippen molar-refractivity contribution in [3.63, 3.8) is 0 Å². The monoisotopic (exact) mass is 262 g/mol. The lowest BCUT2D eigenvalue weighted by atomic mass is 9.53. The zero-order valence-corrected chi connectivity index (χ0v) is 11.3. The van der Waals surface area contributed by atoms with Gasteiger partial charge in [0.05, 0.1) is 0 Å². The Balaban J connectivity index is 1.60. The molecule has 18 heavy (non-hydrogen) atoms. The summed E-state index contributed by atoms with van der Waals surface area (Å²) < 4.78 is 0. The van der Waals surface area contributed by atoms with Gasteiger partial charge in [0.15, 0.2) is 0 Å². The molecule has 0 saturated heterocycles. The predicted octanol–water partition coefficient (Wildman–Crippen LogP) is 4.12. The first-order valence-electron chi connectivity index (χ1n) is 7.11. The first kappa shape index (κ1) is 11.1. The smallest absolute Gasteiger partial charge is 0.131 e. The molecule has 4 bridgehead atoms. The first-order valence-corrected chi connectivity index (χ1v) is 7.48. The van der Waals surface area contributed by atoms with E-state index in [0.717, 1.165) is 23.4 Å². The SMILES string of the molecule is Clc1cc(NC23CC4CC(CC(C4)C2)C3)ccn1. The fourth-order valence-electron chi connectivity index (χ4n) is 5.05. The second-order valence-electron chi connectivity index (χ2n) is 6.69. The van der Waals surface area contributed by atoms with E-state index in [4.69, 9.17) is 11.6 Å². The van der Waals surface area contributed by atoms with E-state index in [1.165, 1.54) is 38.5 Å². The highest BCUT2D eigenvalue weighted by molar-refractivity contribution is 6.29. The number of rotatable bonds is 2. The number of hydrogen-bond acceptors (Lipinski definition) is 2. The highest BCUT2D eigenvalue weighted by atomic mass is 35.5. The minimum absolute atomic E-state index is 0.361. The van der Waals surface area contributed by atoms with Gasteiger partial charge in [-0.25, -0.2) is 4.98 Å². The Kier molecular flexibility index (Phi) is 2.38. The van der Waals surface area contributed by atoms with Gasteiger partial charge < -0.3 is 5.32 Å². The van der Waals surface area contributed by atoms with Gasteiger partial charge in [0.25, 0.3) is 0 Å². The fraction of sp³-hybridized carbons (Fsp3) is 0.667. The van der Waals surface area contributed by atoms with Crippen LogP contribution in [0.15, 0.2) is 18.3 Å². The van der Waals surface area contributed by atoms with Crippen LogP contribution >= 0.6 is 11.6 Å². The third kappa shape index (κ3) is 1.82. The predicted molar refractivity (Wildman–Crippen MR) is 73.8 cm³/mol. The van der Waals surface area contributed by atoms with Crippen molar-refractivity contribution in [1.82, 2.24) is 4.98 Å². The van der Waals surface area contributed by atoms with Crippen molar-refractivity contribution < 1.29 is 0 Å². The Morgan fingerprint density at radius 1 is 1.11 bits per heavy atom. The van der Waals surface area contributed by atoms with Gasteiger partial charge in [-0.05, 0) is 68.4 Å². The van der Waals surface area contributed by atoms with Crippen molar-refractivity contribution in [2.75, 3.05) is 5.32 Å². The molecule has 0 atom stereocenters. The highest BCUT2D eigenvalue weighted by Gasteiger charge is 2.50. The Hall–Kier alpha value is -0.760. The molecule has 0 aliphatic heterocycles. The van der Waals surface area contributed by atoms with Gasteiger partial charge >= 0.3 is 0 Å². The van der Waals surface area contributed by atoms with Crippen LogP contribution in [0.25, 0.3) is 0 Å². The molecule has 4 aliphatic carbocycles. The number of halogens is 1. The lowest BCUT2D eigenvalue weighted by Gasteiger charge is -2.57. The molecule has 5 rings (SSSR count). The summed E-state index contributed by atoms with van der Waals surface area (Å²) in [7, 11) is 0. The summed E-state index contributed by atoms with van der Waals surface area (Å²) in [5.41, 5.74) is 1.51. The summed E-state index contributed by atoms with van der Waals surface area (Å²) in [6, 6.07) is 4.00. The fourth-order valence-corrected chi connectivity index (χ4v) is 5.22. The summed E-state index contributed by atoms with van der Waals surface area (Å²) in [6.07, 6.45) is 10.3. The molecule has 1 aromatic heterocycles. The highest BCUT2D eigenvalue weighted by Crippen LogP contribution is 2.56. The molecule has 4 fully saturated rings. The Bertz CT molecular complexity index is 436. The van der Waals surface area contributed by atoms with Crippen LogP contribution < -0.4 is 5.32 Å². The standard InChI is InChI=1S/C15H19ClN2/c16-14-6-13(1-2-17-14)18-15-7-10-3-11(8-15)5-12(4-10)9-15/h1-2,6,10-12H,3-5,7-9H2,(H,17,18). The second-order valence-corrected chi connectivity index (χ2v) is 7.08. The molecule has 0 unspecified atom stereocenters. The Labute approximate surface area is 113 Å². The van der Waals surface area contributed by atoms with Crippen LogP contribution in [-0.2, 0) is 0 Å². The van der Waals surface area contributed by atoms with E-state index >= 15 is 0 Å². The molecule has 0 radical (unpaired) electrons. The molecule has 0 aromatic carbocycles. The largest absolute Gasteiger partial charge is 0.379 e. The molecule has 1 N–H and O–H groups in total. The quantitative estimate of drug-likeness (QED) is 0.811. The van der Waals surface area contributed by atoms with Gasteiger partial charge in [-0.15, -0.1) is 0 Å². The Morgan fingerprint density at radius 3 is 2.28 bits per heavy atom. The van der Waals surface area contributed by atoms with E-state index < -0.39 is 0 Å². The third-order valence-electron chi connectivity index (χ3n) is 5.17. The average molecular weight is 263 g/mol. The summed E-state index contributed by atoms with van der Waals surface area (Å²) in [5, 5.41) is 4.39. The number of nitrogens with one attached hydrogen (secondary N) is 1.